The van der Waals surface area contributed by atoms with Crippen LogP contribution in [0, 0.1) is 11.3 Å². The number of ketones is 1. The van der Waals surface area contributed by atoms with E-state index in [1.165, 1.54) is 6.07 Å². The van der Waals surface area contributed by atoms with Crippen LogP contribution in [0.5, 0.6) is 0 Å². The van der Waals surface area contributed by atoms with E-state index in [1.807, 2.05) is 0 Å². The molecule has 6 rings (SSSR count). The third-order valence-corrected chi connectivity index (χ3v) is 7.16. The number of piperidine rings is 1. The number of aromatic nitrogens is 1. The van der Waals surface area contributed by atoms with Gasteiger partial charge in [-0.1, -0.05) is 26.8 Å². The Morgan fingerprint density at radius 2 is 2.06 bits per heavy atom. The van der Waals surface area contributed by atoms with Crippen LogP contribution in [0.4, 0.5) is 5.69 Å². The molecule has 2 aromatic carbocycles. The average molecular weight is 495 g/mol. The lowest BCUT2D eigenvalue weighted by Crippen LogP contribution is -2.49. The summed E-state index contributed by atoms with van der Waals surface area (Å²) >= 11 is 0. The monoisotopic (exact) mass is 494 g/mol. The number of ether oxygens (including phenoxy) is 1. The van der Waals surface area contributed by atoms with Gasteiger partial charge in [-0.15, -0.1) is 0 Å². The zero-order valence-corrected chi connectivity index (χ0v) is 20.1. The number of nitrogens with one attached hydrogen (secondary N) is 1. The lowest BCUT2D eigenvalue weighted by Gasteiger charge is -2.42. The van der Waals surface area contributed by atoms with Gasteiger partial charge in [0.2, 0.25) is 0 Å². The molecule has 2 saturated heterocycles. The first-order valence-electron chi connectivity index (χ1n) is 18.0. The Labute approximate surface area is 229 Å². The standard InChI is InChI=1S/C30H34N4O2/c1-4-20-16-23-24(17-26(20)34-9-7-21(8-10-34)33-11-13-36-14-12-33)30(2,3)29-27(28(23)35)22-6-5-19(18-31)15-25(22)32-29/h5-6,15-17,21,32H,4,7-14H2,1-3H3/i1D,4D2,7D2,8D2,9D2,10D2,21D. The summed E-state index contributed by atoms with van der Waals surface area (Å²) in [7, 11) is 0. The molecular weight excluding hydrogens is 448 g/mol. The fourth-order valence-corrected chi connectivity index (χ4v) is 5.20. The lowest BCUT2D eigenvalue weighted by atomic mass is 9.70. The SMILES string of the molecule is [2H]CC([2H])([2H])c1cc2c(cc1N1C([2H])([2H])C([2H])([2H])C([2H])(N3CCOCC3)C([2H])([2H])C1([2H])[2H])C(C)(C)c1[nH]c3cc(C#N)ccc3c1C2=O. The summed E-state index contributed by atoms with van der Waals surface area (Å²) in [5, 5.41) is 9.94. The van der Waals surface area contributed by atoms with Crippen LogP contribution in [0.25, 0.3) is 10.9 Å². The van der Waals surface area contributed by atoms with Gasteiger partial charge in [-0.3, -0.25) is 9.69 Å². The van der Waals surface area contributed by atoms with E-state index in [9.17, 15) is 11.4 Å². The number of benzene rings is 2. The summed E-state index contributed by atoms with van der Waals surface area (Å²) in [6, 6.07) is 6.05. The smallest absolute Gasteiger partial charge is 0.195 e. The maximum absolute atomic E-state index is 14.2. The summed E-state index contributed by atoms with van der Waals surface area (Å²) in [6.07, 6.45) is -9.52. The molecule has 3 aromatic rings. The first-order chi connectivity index (χ1) is 22.1. The Morgan fingerprint density at radius 3 is 2.78 bits per heavy atom. The summed E-state index contributed by atoms with van der Waals surface area (Å²) in [5.74, 6) is -0.531. The van der Waals surface area contributed by atoms with Crippen molar-refractivity contribution in [2.45, 2.75) is 51.3 Å². The molecule has 36 heavy (non-hydrogen) atoms. The predicted molar refractivity (Wildman–Crippen MR) is 142 cm³/mol. The molecule has 3 heterocycles. The fraction of sp³-hybridized carbons (Fsp3) is 0.467. The zero-order chi connectivity index (χ0) is 35.6. The molecule has 0 unspecified atom stereocenters. The molecule has 1 N–H and O–H groups in total. The number of nitriles is 1. The summed E-state index contributed by atoms with van der Waals surface area (Å²) in [4.78, 5) is 18.7. The maximum Gasteiger partial charge on any atom is 0.195 e. The molecular formula is C30H34N4O2. The number of rotatable bonds is 3. The summed E-state index contributed by atoms with van der Waals surface area (Å²) < 4.78 is 113. The highest BCUT2D eigenvalue weighted by Crippen LogP contribution is 2.46. The number of aryl methyl sites for hydroxylation is 1. The molecule has 1 aliphatic carbocycles. The van der Waals surface area contributed by atoms with Gasteiger partial charge >= 0.3 is 0 Å². The highest BCUT2D eigenvalue weighted by Gasteiger charge is 2.40. The number of aromatic amines is 1. The van der Waals surface area contributed by atoms with E-state index in [-0.39, 0.29) is 47.9 Å². The van der Waals surface area contributed by atoms with Crippen LogP contribution in [0.15, 0.2) is 30.3 Å². The Bertz CT molecular complexity index is 1860. The van der Waals surface area contributed by atoms with Gasteiger partial charge in [-0.2, -0.15) is 5.26 Å². The second-order valence-corrected chi connectivity index (χ2v) is 9.55. The molecule has 186 valence electrons. The van der Waals surface area contributed by atoms with Gasteiger partial charge in [0.05, 0.1) is 30.4 Å². The number of hydrogen-bond donors (Lipinski definition) is 1. The number of morpholine rings is 1. The molecule has 0 saturated carbocycles. The van der Waals surface area contributed by atoms with Crippen molar-refractivity contribution >= 4 is 22.4 Å². The number of carbonyl (C=O) groups is 1. The zero-order valence-electron chi connectivity index (χ0n) is 32.1. The number of anilines is 1. The molecule has 3 aliphatic rings. The van der Waals surface area contributed by atoms with E-state index in [4.69, 9.17) is 19.8 Å². The van der Waals surface area contributed by atoms with Gasteiger partial charge in [-0.25, -0.2) is 0 Å². The fourth-order valence-electron chi connectivity index (χ4n) is 5.20. The van der Waals surface area contributed by atoms with Gasteiger partial charge in [0.25, 0.3) is 0 Å². The largest absolute Gasteiger partial charge is 0.379 e. The second-order valence-electron chi connectivity index (χ2n) is 9.55. The molecule has 6 heteroatoms. The third-order valence-electron chi connectivity index (χ3n) is 7.16. The molecule has 0 bridgehead atoms. The van der Waals surface area contributed by atoms with E-state index in [0.29, 0.717) is 22.2 Å². The van der Waals surface area contributed by atoms with Crippen molar-refractivity contribution in [3.05, 3.63) is 63.8 Å². The third kappa shape index (κ3) is 3.56. The van der Waals surface area contributed by atoms with Crippen LogP contribution in [0.1, 0.15) is 88.2 Å². The normalized spacial score (nSPS) is 32.0. The van der Waals surface area contributed by atoms with Gasteiger partial charge in [0.1, 0.15) is 0 Å². The Hall–Kier alpha value is -3.14. The van der Waals surface area contributed by atoms with Crippen molar-refractivity contribution in [3.63, 3.8) is 0 Å². The molecule has 2 aliphatic heterocycles. The van der Waals surface area contributed by atoms with Crippen LogP contribution < -0.4 is 4.90 Å². The lowest BCUT2D eigenvalue weighted by molar-refractivity contribution is 0.0115. The van der Waals surface area contributed by atoms with Gasteiger partial charge < -0.3 is 14.6 Å². The predicted octanol–water partition coefficient (Wildman–Crippen LogP) is 4.77. The maximum atomic E-state index is 14.2. The second kappa shape index (κ2) is 8.76. The molecule has 6 nitrogen and oxygen atoms in total. The van der Waals surface area contributed by atoms with Crippen molar-refractivity contribution in [2.75, 3.05) is 44.2 Å². The Kier molecular flexibility index (Phi) is 3.26. The van der Waals surface area contributed by atoms with Crippen molar-refractivity contribution in [1.29, 1.82) is 5.26 Å². The minimum Gasteiger partial charge on any atom is -0.379 e. The molecule has 0 spiro atoms. The summed E-state index contributed by atoms with van der Waals surface area (Å²) in [5.41, 5.74) is -0.433. The van der Waals surface area contributed by atoms with Crippen molar-refractivity contribution in [2.24, 2.45) is 0 Å². The van der Waals surface area contributed by atoms with Crippen molar-refractivity contribution in [3.8, 4) is 6.07 Å². The van der Waals surface area contributed by atoms with E-state index in [2.05, 4.69) is 11.1 Å². The quantitative estimate of drug-likeness (QED) is 0.568. The highest BCUT2D eigenvalue weighted by molar-refractivity contribution is 6.20. The average Bonchev–Trinajstić information content (AvgIpc) is 3.42. The summed E-state index contributed by atoms with van der Waals surface area (Å²) in [6.45, 7) is -4.73. The van der Waals surface area contributed by atoms with Crippen LogP contribution in [0.3, 0.4) is 0 Å². The van der Waals surface area contributed by atoms with Gasteiger partial charge in [-0.05, 0) is 54.5 Å². The van der Waals surface area contributed by atoms with Crippen molar-refractivity contribution in [1.82, 2.24) is 9.88 Å². The molecule has 2 fully saturated rings. The van der Waals surface area contributed by atoms with Gasteiger partial charge in [0, 0.05) is 81.8 Å². The van der Waals surface area contributed by atoms with Crippen LogP contribution >= 0.6 is 0 Å². The molecule has 1 aromatic heterocycles. The topological polar surface area (TPSA) is 72.4 Å². The number of nitrogens with zero attached hydrogens (tertiary/aromatic N) is 3. The molecule has 0 atom stereocenters. The minimum atomic E-state index is -3.48. The van der Waals surface area contributed by atoms with E-state index < -0.39 is 67.5 Å². The van der Waals surface area contributed by atoms with Gasteiger partial charge in [0.15, 0.2) is 5.78 Å². The molecule has 0 radical (unpaired) electrons. The van der Waals surface area contributed by atoms with E-state index >= 15 is 0 Å². The van der Waals surface area contributed by atoms with Crippen LogP contribution in [0.2, 0.25) is 0 Å². The van der Waals surface area contributed by atoms with Crippen LogP contribution in [-0.4, -0.2) is 61.0 Å². The number of hydrogen-bond acceptors (Lipinski definition) is 5. The molecule has 0 amide bonds. The first-order valence-corrected chi connectivity index (χ1v) is 11.8. The Morgan fingerprint density at radius 1 is 1.28 bits per heavy atom. The van der Waals surface area contributed by atoms with E-state index in [1.54, 1.807) is 32.0 Å². The Balaban J connectivity index is 1.65. The number of fused-ring (bicyclic) bond motifs is 4. The van der Waals surface area contributed by atoms with E-state index in [0.717, 1.165) is 11.0 Å². The van der Waals surface area contributed by atoms with Crippen molar-refractivity contribution < 1.29 is 26.0 Å². The highest BCUT2D eigenvalue weighted by atomic mass is 16.5. The van der Waals surface area contributed by atoms with Crippen LogP contribution in [-0.2, 0) is 16.5 Å². The number of carbonyl (C=O) groups excluding carboxylic acids is 1. The minimum absolute atomic E-state index is 0.00106. The number of H-pyrrole nitrogens is 1. The first kappa shape index (κ1) is 13.4.